The molecule has 1 saturated heterocycles. The van der Waals surface area contributed by atoms with Crippen LogP contribution in [0, 0.1) is 5.92 Å². The van der Waals surface area contributed by atoms with Crippen LogP contribution >= 0.6 is 0 Å². The van der Waals surface area contributed by atoms with Gasteiger partial charge in [-0.3, -0.25) is 9.59 Å². The van der Waals surface area contributed by atoms with Crippen LogP contribution in [0.2, 0.25) is 0 Å². The van der Waals surface area contributed by atoms with Crippen molar-refractivity contribution in [3.8, 4) is 0 Å². The number of aliphatic hydroxyl groups excluding tert-OH is 1. The van der Waals surface area contributed by atoms with E-state index in [0.29, 0.717) is 11.1 Å². The van der Waals surface area contributed by atoms with Gasteiger partial charge in [-0.25, -0.2) is 0 Å². The molecule has 3 N–H and O–H groups in total. The fourth-order valence-electron chi connectivity index (χ4n) is 4.02. The molecule has 3 unspecified atom stereocenters. The number of hydrogen-bond donors (Lipinski definition) is 2. The summed E-state index contributed by atoms with van der Waals surface area (Å²) in [6.07, 6.45) is 5.67. The van der Waals surface area contributed by atoms with E-state index in [1.165, 1.54) is 0 Å². The quantitative estimate of drug-likeness (QED) is 0.894. The molecule has 1 aromatic rings. The first-order valence-corrected chi connectivity index (χ1v) is 8.47. The number of primary amides is 1. The predicted molar refractivity (Wildman–Crippen MR) is 87.0 cm³/mol. The maximum atomic E-state index is 12.9. The van der Waals surface area contributed by atoms with E-state index < -0.39 is 5.91 Å². The number of piperidine rings is 1. The molecular weight excluding hydrogens is 292 g/mol. The lowest BCUT2D eigenvalue weighted by Crippen LogP contribution is -2.49. The Balaban J connectivity index is 1.79. The van der Waals surface area contributed by atoms with Crippen molar-refractivity contribution in [3.63, 3.8) is 0 Å². The summed E-state index contributed by atoms with van der Waals surface area (Å²) in [6, 6.07) is 6.65. The molecule has 0 spiro atoms. The Morgan fingerprint density at radius 1 is 1.00 bits per heavy atom. The van der Waals surface area contributed by atoms with E-state index in [1.807, 2.05) is 4.90 Å². The molecule has 0 bridgehead atoms. The summed E-state index contributed by atoms with van der Waals surface area (Å²) in [5.41, 5.74) is 6.22. The first-order valence-electron chi connectivity index (χ1n) is 8.47. The van der Waals surface area contributed by atoms with Gasteiger partial charge in [-0.1, -0.05) is 6.42 Å². The number of carbonyl (C=O) groups excluding carboxylic acids is 2. The normalized spacial score (nSPS) is 27.9. The number of nitrogens with two attached hydrogens (primary N) is 1. The fraction of sp³-hybridized carbons (Fsp3) is 0.556. The molecular formula is C18H24N2O3. The van der Waals surface area contributed by atoms with Crippen molar-refractivity contribution in [1.82, 2.24) is 4.90 Å². The molecule has 5 nitrogen and oxygen atoms in total. The first-order chi connectivity index (χ1) is 11.1. The zero-order valence-electron chi connectivity index (χ0n) is 13.3. The molecule has 0 aromatic heterocycles. The van der Waals surface area contributed by atoms with E-state index in [0.717, 1.165) is 45.1 Å². The van der Waals surface area contributed by atoms with E-state index in [4.69, 9.17) is 5.73 Å². The average Bonchev–Trinajstić information content (AvgIpc) is 3.00. The van der Waals surface area contributed by atoms with Crippen molar-refractivity contribution in [2.75, 3.05) is 6.54 Å². The second kappa shape index (κ2) is 6.71. The van der Waals surface area contributed by atoms with Crippen LogP contribution in [-0.2, 0) is 0 Å². The number of hydrogen-bond acceptors (Lipinski definition) is 3. The van der Waals surface area contributed by atoms with Gasteiger partial charge in [0.05, 0.1) is 6.10 Å². The van der Waals surface area contributed by atoms with Crippen molar-refractivity contribution >= 4 is 11.8 Å². The van der Waals surface area contributed by atoms with Crippen molar-refractivity contribution < 1.29 is 14.7 Å². The highest BCUT2D eigenvalue weighted by molar-refractivity contribution is 5.97. The summed E-state index contributed by atoms with van der Waals surface area (Å²) < 4.78 is 0. The Kier molecular flexibility index (Phi) is 4.66. The first kappa shape index (κ1) is 16.0. The summed E-state index contributed by atoms with van der Waals surface area (Å²) in [6.45, 7) is 0.740. The Bertz CT molecular complexity index is 584. The molecule has 1 heterocycles. The third-order valence-corrected chi connectivity index (χ3v) is 5.25. The maximum absolute atomic E-state index is 12.9. The van der Waals surface area contributed by atoms with Crippen molar-refractivity contribution in [2.45, 2.75) is 50.7 Å². The summed E-state index contributed by atoms with van der Waals surface area (Å²) >= 11 is 0. The number of aliphatic hydroxyl groups is 1. The molecule has 2 amide bonds. The number of carbonyl (C=O) groups is 2. The molecule has 124 valence electrons. The monoisotopic (exact) mass is 316 g/mol. The standard InChI is InChI=1S/C18H24N2O3/c19-17(22)12-7-9-13(10-8-12)18(23)20-11-2-1-5-15(20)14-4-3-6-16(14)21/h7-10,14-16,21H,1-6,11H2,(H2,19,22). The lowest BCUT2D eigenvalue weighted by atomic mass is 9.87. The summed E-state index contributed by atoms with van der Waals surface area (Å²) in [4.78, 5) is 26.0. The van der Waals surface area contributed by atoms with Gasteiger partial charge in [-0.15, -0.1) is 0 Å². The van der Waals surface area contributed by atoms with Crippen LogP contribution in [0.4, 0.5) is 0 Å². The van der Waals surface area contributed by atoms with Gasteiger partial charge in [0.1, 0.15) is 0 Å². The van der Waals surface area contributed by atoms with Gasteiger partial charge >= 0.3 is 0 Å². The van der Waals surface area contributed by atoms with Crippen molar-refractivity contribution in [2.24, 2.45) is 11.7 Å². The molecule has 2 aliphatic rings. The third kappa shape index (κ3) is 3.24. The molecule has 3 rings (SSSR count). The largest absolute Gasteiger partial charge is 0.393 e. The average molecular weight is 316 g/mol. The Morgan fingerprint density at radius 3 is 2.30 bits per heavy atom. The lowest BCUT2D eigenvalue weighted by Gasteiger charge is -2.40. The molecule has 1 aromatic carbocycles. The smallest absolute Gasteiger partial charge is 0.254 e. The number of benzene rings is 1. The predicted octanol–water partition coefficient (Wildman–Crippen LogP) is 1.94. The Morgan fingerprint density at radius 2 is 1.70 bits per heavy atom. The van der Waals surface area contributed by atoms with E-state index in [9.17, 15) is 14.7 Å². The Hall–Kier alpha value is -1.88. The van der Waals surface area contributed by atoms with Crippen LogP contribution in [0.1, 0.15) is 59.2 Å². The van der Waals surface area contributed by atoms with Gasteiger partial charge in [-0.05, 0) is 56.4 Å². The number of rotatable bonds is 3. The van der Waals surface area contributed by atoms with Gasteiger partial charge in [-0.2, -0.15) is 0 Å². The molecule has 23 heavy (non-hydrogen) atoms. The van der Waals surface area contributed by atoms with Crippen LogP contribution in [0.15, 0.2) is 24.3 Å². The van der Waals surface area contributed by atoms with Crippen LogP contribution in [0.5, 0.6) is 0 Å². The van der Waals surface area contributed by atoms with Gasteiger partial charge in [0.2, 0.25) is 5.91 Å². The number of nitrogens with zero attached hydrogens (tertiary/aromatic N) is 1. The molecule has 1 aliphatic heterocycles. The summed E-state index contributed by atoms with van der Waals surface area (Å²) in [7, 11) is 0. The zero-order chi connectivity index (χ0) is 16.4. The van der Waals surface area contributed by atoms with E-state index >= 15 is 0 Å². The van der Waals surface area contributed by atoms with E-state index in [1.54, 1.807) is 24.3 Å². The van der Waals surface area contributed by atoms with E-state index in [-0.39, 0.29) is 24.0 Å². The number of amides is 2. The molecule has 3 atom stereocenters. The minimum atomic E-state index is -0.492. The van der Waals surface area contributed by atoms with Gasteiger partial charge in [0, 0.05) is 29.6 Å². The van der Waals surface area contributed by atoms with Crippen LogP contribution in [-0.4, -0.2) is 40.5 Å². The van der Waals surface area contributed by atoms with Gasteiger partial charge < -0.3 is 15.7 Å². The zero-order valence-corrected chi connectivity index (χ0v) is 13.3. The molecule has 5 heteroatoms. The summed E-state index contributed by atoms with van der Waals surface area (Å²) in [5, 5.41) is 10.2. The highest BCUT2D eigenvalue weighted by Gasteiger charge is 2.38. The summed E-state index contributed by atoms with van der Waals surface area (Å²) in [5.74, 6) is -0.303. The van der Waals surface area contributed by atoms with Crippen LogP contribution in [0.25, 0.3) is 0 Å². The minimum Gasteiger partial charge on any atom is -0.393 e. The van der Waals surface area contributed by atoms with Crippen LogP contribution in [0.3, 0.4) is 0 Å². The Labute approximate surface area is 136 Å². The SMILES string of the molecule is NC(=O)c1ccc(C(=O)N2CCCCC2C2CCCC2O)cc1. The number of likely N-dealkylation sites (tertiary alicyclic amines) is 1. The lowest BCUT2D eigenvalue weighted by molar-refractivity contribution is 0.0287. The van der Waals surface area contributed by atoms with E-state index in [2.05, 4.69) is 0 Å². The van der Waals surface area contributed by atoms with Crippen molar-refractivity contribution in [3.05, 3.63) is 35.4 Å². The second-order valence-electron chi connectivity index (χ2n) is 6.67. The molecule has 0 radical (unpaired) electrons. The molecule has 1 aliphatic carbocycles. The van der Waals surface area contributed by atoms with Gasteiger partial charge in [0.15, 0.2) is 0 Å². The third-order valence-electron chi connectivity index (χ3n) is 5.25. The van der Waals surface area contributed by atoms with Crippen molar-refractivity contribution in [1.29, 1.82) is 0 Å². The highest BCUT2D eigenvalue weighted by atomic mass is 16.3. The maximum Gasteiger partial charge on any atom is 0.254 e. The van der Waals surface area contributed by atoms with Crippen LogP contribution < -0.4 is 5.73 Å². The minimum absolute atomic E-state index is 0.00943. The van der Waals surface area contributed by atoms with Gasteiger partial charge in [0.25, 0.3) is 5.91 Å². The highest BCUT2D eigenvalue weighted by Crippen LogP contribution is 2.35. The topological polar surface area (TPSA) is 83.6 Å². The molecule has 1 saturated carbocycles. The fourth-order valence-corrected chi connectivity index (χ4v) is 4.02. The second-order valence-corrected chi connectivity index (χ2v) is 6.67. The molecule has 2 fully saturated rings.